The van der Waals surface area contributed by atoms with E-state index in [0.717, 1.165) is 22.6 Å². The largest absolute Gasteiger partial charge is 0.489 e. The minimum atomic E-state index is -0.439. The molecule has 1 aromatic heterocycles. The Bertz CT molecular complexity index is 789. The van der Waals surface area contributed by atoms with Crippen molar-refractivity contribution in [2.45, 2.75) is 26.9 Å². The summed E-state index contributed by atoms with van der Waals surface area (Å²) in [6.07, 6.45) is 0.0978. The number of benzene rings is 1. The smallest absolute Gasteiger partial charge is 0.310 e. The van der Waals surface area contributed by atoms with Crippen LogP contribution in [0.5, 0.6) is 5.75 Å². The van der Waals surface area contributed by atoms with Gasteiger partial charge in [-0.05, 0) is 31.5 Å². The lowest BCUT2D eigenvalue weighted by Gasteiger charge is -2.26. The van der Waals surface area contributed by atoms with Crippen LogP contribution in [0.15, 0.2) is 28.8 Å². The van der Waals surface area contributed by atoms with Crippen molar-refractivity contribution in [1.82, 2.24) is 10.1 Å². The fourth-order valence-corrected chi connectivity index (χ4v) is 2.83. The van der Waals surface area contributed by atoms with Crippen LogP contribution < -0.4 is 4.74 Å². The number of aryl methyl sites for hydroxylation is 2. The first-order valence-electron chi connectivity index (χ1n) is 9.17. The lowest BCUT2D eigenvalue weighted by molar-refractivity contribution is -0.153. The Labute approximate surface area is 163 Å². The number of aromatic nitrogens is 1. The van der Waals surface area contributed by atoms with Crippen molar-refractivity contribution in [2.75, 3.05) is 32.9 Å². The number of esters is 1. The van der Waals surface area contributed by atoms with Gasteiger partial charge in [0.15, 0.2) is 6.61 Å². The number of nitrogens with zero attached hydrogens (tertiary/aromatic N) is 2. The molecule has 1 saturated heterocycles. The zero-order valence-corrected chi connectivity index (χ0v) is 16.1. The third-order valence-corrected chi connectivity index (χ3v) is 4.56. The van der Waals surface area contributed by atoms with Gasteiger partial charge in [-0.25, -0.2) is 0 Å². The zero-order valence-electron chi connectivity index (χ0n) is 16.1. The molecule has 1 aromatic carbocycles. The number of carbonyl (C=O) groups is 2. The summed E-state index contributed by atoms with van der Waals surface area (Å²) >= 11 is 0. The van der Waals surface area contributed by atoms with Crippen LogP contribution in [0.4, 0.5) is 0 Å². The number of carbonyl (C=O) groups excluding carboxylic acids is 2. The molecule has 8 heteroatoms. The van der Waals surface area contributed by atoms with E-state index in [0.29, 0.717) is 38.7 Å². The molecule has 0 bridgehead atoms. The molecule has 0 atom stereocenters. The zero-order chi connectivity index (χ0) is 19.9. The Hall–Kier alpha value is -2.87. The lowest BCUT2D eigenvalue weighted by Crippen LogP contribution is -2.42. The van der Waals surface area contributed by atoms with E-state index in [1.165, 1.54) is 0 Å². The van der Waals surface area contributed by atoms with Crippen LogP contribution in [0.3, 0.4) is 0 Å². The Kier molecular flexibility index (Phi) is 6.65. The van der Waals surface area contributed by atoms with Gasteiger partial charge < -0.3 is 23.6 Å². The van der Waals surface area contributed by atoms with Crippen LogP contribution in [-0.4, -0.2) is 54.8 Å². The van der Waals surface area contributed by atoms with Crippen molar-refractivity contribution in [1.29, 1.82) is 0 Å². The third kappa shape index (κ3) is 5.32. The Morgan fingerprint density at radius 2 is 1.86 bits per heavy atom. The molecule has 0 radical (unpaired) electrons. The van der Waals surface area contributed by atoms with Crippen molar-refractivity contribution in [3.8, 4) is 5.75 Å². The molecule has 1 fully saturated rings. The SMILES string of the molecule is Cc1noc(C)c1COc1ccc(CC(=O)OCC(=O)N2CCOCC2)cc1. The highest BCUT2D eigenvalue weighted by Gasteiger charge is 2.18. The van der Waals surface area contributed by atoms with Gasteiger partial charge in [-0.2, -0.15) is 0 Å². The summed E-state index contributed by atoms with van der Waals surface area (Å²) in [6.45, 7) is 5.95. The third-order valence-electron chi connectivity index (χ3n) is 4.56. The number of morpholine rings is 1. The van der Waals surface area contributed by atoms with Gasteiger partial charge in [0.25, 0.3) is 5.91 Å². The number of hydrogen-bond donors (Lipinski definition) is 0. The normalized spacial score (nSPS) is 14.0. The summed E-state index contributed by atoms with van der Waals surface area (Å²) in [6, 6.07) is 7.18. The Morgan fingerprint density at radius 3 is 2.50 bits per heavy atom. The number of ether oxygens (including phenoxy) is 3. The molecule has 0 unspecified atom stereocenters. The van der Waals surface area contributed by atoms with Crippen molar-refractivity contribution in [2.24, 2.45) is 0 Å². The van der Waals surface area contributed by atoms with E-state index in [4.69, 9.17) is 18.7 Å². The molecule has 1 amide bonds. The molecule has 0 spiro atoms. The highest BCUT2D eigenvalue weighted by molar-refractivity contribution is 5.81. The van der Waals surface area contributed by atoms with Gasteiger partial charge in [0.2, 0.25) is 0 Å². The van der Waals surface area contributed by atoms with Crippen LogP contribution in [0.1, 0.15) is 22.6 Å². The fraction of sp³-hybridized carbons (Fsp3) is 0.450. The fourth-order valence-electron chi connectivity index (χ4n) is 2.83. The summed E-state index contributed by atoms with van der Waals surface area (Å²) < 4.78 is 21.1. The predicted octanol–water partition coefficient (Wildman–Crippen LogP) is 1.81. The van der Waals surface area contributed by atoms with Crippen molar-refractivity contribution < 1.29 is 28.3 Å². The van der Waals surface area contributed by atoms with Gasteiger partial charge in [0, 0.05) is 13.1 Å². The van der Waals surface area contributed by atoms with Gasteiger partial charge in [0.05, 0.1) is 30.9 Å². The number of amides is 1. The van der Waals surface area contributed by atoms with E-state index in [1.807, 2.05) is 13.8 Å². The molecule has 0 saturated carbocycles. The van der Waals surface area contributed by atoms with Gasteiger partial charge in [-0.15, -0.1) is 0 Å². The van der Waals surface area contributed by atoms with Crippen LogP contribution in [0.25, 0.3) is 0 Å². The maximum absolute atomic E-state index is 12.0. The summed E-state index contributed by atoms with van der Waals surface area (Å²) in [5, 5.41) is 3.90. The summed E-state index contributed by atoms with van der Waals surface area (Å²) in [4.78, 5) is 25.6. The summed E-state index contributed by atoms with van der Waals surface area (Å²) in [7, 11) is 0. The van der Waals surface area contributed by atoms with E-state index in [2.05, 4.69) is 5.16 Å². The topological polar surface area (TPSA) is 91.1 Å². The second-order valence-corrected chi connectivity index (χ2v) is 6.57. The first kappa shape index (κ1) is 19.9. The molecule has 3 rings (SSSR count). The first-order valence-corrected chi connectivity index (χ1v) is 9.17. The first-order chi connectivity index (χ1) is 13.5. The molecule has 1 aliphatic rings. The highest BCUT2D eigenvalue weighted by Crippen LogP contribution is 2.18. The number of rotatable bonds is 7. The van der Waals surface area contributed by atoms with E-state index in [9.17, 15) is 9.59 Å². The Morgan fingerprint density at radius 1 is 1.14 bits per heavy atom. The minimum absolute atomic E-state index is 0.0978. The van der Waals surface area contributed by atoms with Crippen LogP contribution >= 0.6 is 0 Å². The molecule has 0 aliphatic carbocycles. The van der Waals surface area contributed by atoms with Gasteiger partial charge >= 0.3 is 5.97 Å². The minimum Gasteiger partial charge on any atom is -0.489 e. The molecular weight excluding hydrogens is 364 g/mol. The molecular formula is C20H24N2O6. The molecule has 2 heterocycles. The highest BCUT2D eigenvalue weighted by atomic mass is 16.5. The van der Waals surface area contributed by atoms with Gasteiger partial charge in [0.1, 0.15) is 18.1 Å². The average Bonchev–Trinajstić information content (AvgIpc) is 3.04. The second kappa shape index (κ2) is 9.36. The van der Waals surface area contributed by atoms with E-state index < -0.39 is 5.97 Å². The lowest BCUT2D eigenvalue weighted by atomic mass is 10.1. The molecule has 0 N–H and O–H groups in total. The standard InChI is InChI=1S/C20H24N2O6/c1-14-18(15(2)28-21-14)12-26-17-5-3-16(4-6-17)11-20(24)27-13-19(23)22-7-9-25-10-8-22/h3-6H,7-13H2,1-2H3. The second-order valence-electron chi connectivity index (χ2n) is 6.57. The predicted molar refractivity (Wildman–Crippen MR) is 98.8 cm³/mol. The Balaban J connectivity index is 1.43. The molecule has 8 nitrogen and oxygen atoms in total. The molecule has 150 valence electrons. The quantitative estimate of drug-likeness (QED) is 0.668. The molecule has 2 aromatic rings. The van der Waals surface area contributed by atoms with Gasteiger partial charge in [-0.1, -0.05) is 17.3 Å². The molecule has 28 heavy (non-hydrogen) atoms. The van der Waals surface area contributed by atoms with E-state index >= 15 is 0 Å². The van der Waals surface area contributed by atoms with Crippen molar-refractivity contribution in [3.05, 3.63) is 46.8 Å². The van der Waals surface area contributed by atoms with Crippen LogP contribution in [-0.2, 0) is 32.1 Å². The monoisotopic (exact) mass is 388 g/mol. The maximum Gasteiger partial charge on any atom is 0.310 e. The van der Waals surface area contributed by atoms with Crippen LogP contribution in [0, 0.1) is 13.8 Å². The summed E-state index contributed by atoms with van der Waals surface area (Å²) in [5.41, 5.74) is 2.52. The van der Waals surface area contributed by atoms with Crippen LogP contribution in [0.2, 0.25) is 0 Å². The van der Waals surface area contributed by atoms with Gasteiger partial charge in [-0.3, -0.25) is 9.59 Å². The van der Waals surface area contributed by atoms with Crippen molar-refractivity contribution >= 4 is 11.9 Å². The van der Waals surface area contributed by atoms with E-state index in [-0.39, 0.29) is 18.9 Å². The number of hydrogen-bond acceptors (Lipinski definition) is 7. The average molecular weight is 388 g/mol. The summed E-state index contributed by atoms with van der Waals surface area (Å²) in [5.74, 6) is 0.786. The van der Waals surface area contributed by atoms with E-state index in [1.54, 1.807) is 29.2 Å². The maximum atomic E-state index is 12.0. The molecule has 1 aliphatic heterocycles. The van der Waals surface area contributed by atoms with Crippen molar-refractivity contribution in [3.63, 3.8) is 0 Å².